The maximum Gasteiger partial charge on any atom is 0.267 e. The van der Waals surface area contributed by atoms with Crippen LogP contribution in [-0.2, 0) is 0 Å². The van der Waals surface area contributed by atoms with E-state index in [-0.39, 0.29) is 16.9 Å². The minimum absolute atomic E-state index is 0.143. The molecule has 1 aromatic heterocycles. The number of hydrogen-bond acceptors (Lipinski definition) is 4. The van der Waals surface area contributed by atoms with Gasteiger partial charge in [-0.1, -0.05) is 18.2 Å². The van der Waals surface area contributed by atoms with Crippen LogP contribution < -0.4 is 16.0 Å². The summed E-state index contributed by atoms with van der Waals surface area (Å²) in [5.74, 6) is -0.509. The molecule has 2 aromatic rings. The van der Waals surface area contributed by atoms with Gasteiger partial charge in [0.1, 0.15) is 0 Å². The van der Waals surface area contributed by atoms with Crippen molar-refractivity contribution in [3.05, 3.63) is 52.2 Å². The zero-order chi connectivity index (χ0) is 15.2. The molecule has 0 atom stereocenters. The van der Waals surface area contributed by atoms with Gasteiger partial charge in [-0.3, -0.25) is 14.9 Å². The van der Waals surface area contributed by atoms with Crippen LogP contribution in [0, 0.1) is 0 Å². The van der Waals surface area contributed by atoms with Crippen LogP contribution in [0.2, 0.25) is 0 Å². The van der Waals surface area contributed by atoms with Crippen molar-refractivity contribution < 1.29 is 9.59 Å². The largest absolute Gasteiger partial charge is 0.355 e. The summed E-state index contributed by atoms with van der Waals surface area (Å²) in [6, 6.07) is 10.4. The molecule has 5 nitrogen and oxygen atoms in total. The highest BCUT2D eigenvalue weighted by Gasteiger charge is 2.12. The van der Waals surface area contributed by atoms with Gasteiger partial charge in [0.2, 0.25) is 0 Å². The number of hydrogen-bond donors (Lipinski definition) is 3. The summed E-state index contributed by atoms with van der Waals surface area (Å²) in [6.07, 6.45) is 0. The molecule has 0 unspecified atom stereocenters. The molecule has 1 aromatic carbocycles. The highest BCUT2D eigenvalue weighted by Crippen LogP contribution is 2.15. The van der Waals surface area contributed by atoms with Crippen molar-refractivity contribution in [3.63, 3.8) is 0 Å². The van der Waals surface area contributed by atoms with Gasteiger partial charge in [0, 0.05) is 7.05 Å². The Balaban J connectivity index is 2.06. The van der Waals surface area contributed by atoms with Gasteiger partial charge in [0.15, 0.2) is 5.11 Å². The van der Waals surface area contributed by atoms with E-state index in [0.29, 0.717) is 16.1 Å². The molecule has 0 bridgehead atoms. The van der Waals surface area contributed by atoms with Gasteiger partial charge in [-0.2, -0.15) is 0 Å². The van der Waals surface area contributed by atoms with E-state index < -0.39 is 0 Å². The van der Waals surface area contributed by atoms with Gasteiger partial charge >= 0.3 is 0 Å². The van der Waals surface area contributed by atoms with E-state index in [1.165, 1.54) is 11.3 Å². The van der Waals surface area contributed by atoms with E-state index in [1.807, 2.05) is 5.38 Å². The molecule has 0 fully saturated rings. The molecule has 0 saturated carbocycles. The van der Waals surface area contributed by atoms with Crippen LogP contribution in [0.3, 0.4) is 0 Å². The molecular formula is C14H13N3O2S2. The van der Waals surface area contributed by atoms with E-state index in [0.717, 1.165) is 0 Å². The standard InChI is InChI=1S/C14H13N3O2S2/c1-15-12(18)9-5-2-3-6-10(9)16-14(20)17-13(19)11-7-4-8-21-11/h2-8H,1H3,(H,15,18)(H2,16,17,19,20). The van der Waals surface area contributed by atoms with E-state index in [9.17, 15) is 9.59 Å². The Morgan fingerprint density at radius 2 is 1.86 bits per heavy atom. The van der Waals surface area contributed by atoms with Crippen LogP contribution >= 0.6 is 23.6 Å². The fourth-order valence-corrected chi connectivity index (χ4v) is 2.47. The van der Waals surface area contributed by atoms with Crippen LogP contribution in [-0.4, -0.2) is 24.0 Å². The number of nitrogens with one attached hydrogen (secondary N) is 3. The lowest BCUT2D eigenvalue weighted by molar-refractivity contribution is 0.0961. The first-order valence-electron chi connectivity index (χ1n) is 6.08. The van der Waals surface area contributed by atoms with Gasteiger partial charge in [0.05, 0.1) is 16.1 Å². The second kappa shape index (κ2) is 6.96. The number of benzene rings is 1. The molecule has 108 valence electrons. The number of para-hydroxylation sites is 1. The van der Waals surface area contributed by atoms with Crippen molar-refractivity contribution >= 4 is 46.2 Å². The summed E-state index contributed by atoms with van der Waals surface area (Å²) in [5.41, 5.74) is 0.987. The molecule has 0 saturated heterocycles. The Kier molecular flexibility index (Phi) is 5.02. The lowest BCUT2D eigenvalue weighted by Crippen LogP contribution is -2.34. The molecule has 7 heteroatoms. The van der Waals surface area contributed by atoms with Crippen molar-refractivity contribution in [3.8, 4) is 0 Å². The first-order valence-corrected chi connectivity index (χ1v) is 7.37. The lowest BCUT2D eigenvalue weighted by atomic mass is 10.1. The number of rotatable bonds is 3. The van der Waals surface area contributed by atoms with Crippen molar-refractivity contribution in [1.29, 1.82) is 0 Å². The Morgan fingerprint density at radius 3 is 2.52 bits per heavy atom. The van der Waals surface area contributed by atoms with Gasteiger partial charge in [-0.15, -0.1) is 11.3 Å². The second-order valence-corrected chi connectivity index (χ2v) is 5.37. The third-order valence-electron chi connectivity index (χ3n) is 2.62. The minimum Gasteiger partial charge on any atom is -0.355 e. The molecular weight excluding hydrogens is 306 g/mol. The SMILES string of the molecule is CNC(=O)c1ccccc1NC(=S)NC(=O)c1cccs1. The average Bonchev–Trinajstić information content (AvgIpc) is 3.01. The molecule has 3 N–H and O–H groups in total. The molecule has 0 aliphatic carbocycles. The Morgan fingerprint density at radius 1 is 1.10 bits per heavy atom. The molecule has 0 aliphatic rings. The minimum atomic E-state index is -0.278. The van der Waals surface area contributed by atoms with Gasteiger partial charge in [-0.05, 0) is 35.8 Å². The van der Waals surface area contributed by atoms with Gasteiger partial charge < -0.3 is 10.6 Å². The number of thiocarbonyl (C=S) groups is 1. The number of anilines is 1. The van der Waals surface area contributed by atoms with Gasteiger partial charge in [0.25, 0.3) is 11.8 Å². The summed E-state index contributed by atoms with van der Waals surface area (Å²) in [5, 5.41) is 9.94. The smallest absolute Gasteiger partial charge is 0.267 e. The monoisotopic (exact) mass is 319 g/mol. The average molecular weight is 319 g/mol. The molecule has 21 heavy (non-hydrogen) atoms. The Hall–Kier alpha value is -2.25. The third kappa shape index (κ3) is 3.87. The first kappa shape index (κ1) is 15.1. The summed E-state index contributed by atoms with van der Waals surface area (Å²) < 4.78 is 0. The molecule has 0 aliphatic heterocycles. The van der Waals surface area contributed by atoms with Crippen LogP contribution in [0.1, 0.15) is 20.0 Å². The normalized spacial score (nSPS) is 9.76. The molecule has 2 rings (SSSR count). The van der Waals surface area contributed by atoms with Crippen LogP contribution in [0.15, 0.2) is 41.8 Å². The van der Waals surface area contributed by atoms with Crippen molar-refractivity contribution in [2.45, 2.75) is 0 Å². The molecule has 2 amide bonds. The van der Waals surface area contributed by atoms with Crippen LogP contribution in [0.4, 0.5) is 5.69 Å². The van der Waals surface area contributed by atoms with E-state index in [2.05, 4.69) is 16.0 Å². The number of carbonyl (C=O) groups is 2. The molecule has 0 radical (unpaired) electrons. The van der Waals surface area contributed by atoms with Crippen LogP contribution in [0.5, 0.6) is 0 Å². The number of thiophene rings is 1. The van der Waals surface area contributed by atoms with E-state index in [4.69, 9.17) is 12.2 Å². The zero-order valence-corrected chi connectivity index (χ0v) is 12.8. The third-order valence-corrected chi connectivity index (χ3v) is 3.69. The van der Waals surface area contributed by atoms with Crippen molar-refractivity contribution in [1.82, 2.24) is 10.6 Å². The number of carbonyl (C=O) groups excluding carboxylic acids is 2. The maximum absolute atomic E-state index is 11.9. The topological polar surface area (TPSA) is 70.2 Å². The summed E-state index contributed by atoms with van der Waals surface area (Å²) in [7, 11) is 1.55. The van der Waals surface area contributed by atoms with Crippen molar-refractivity contribution in [2.24, 2.45) is 0 Å². The predicted molar refractivity (Wildman–Crippen MR) is 87.8 cm³/mol. The fourth-order valence-electron chi connectivity index (χ4n) is 1.65. The zero-order valence-electron chi connectivity index (χ0n) is 11.2. The second-order valence-electron chi connectivity index (χ2n) is 4.01. The summed E-state index contributed by atoms with van der Waals surface area (Å²) in [4.78, 5) is 24.2. The highest BCUT2D eigenvalue weighted by atomic mass is 32.1. The highest BCUT2D eigenvalue weighted by molar-refractivity contribution is 7.80. The quantitative estimate of drug-likeness (QED) is 0.759. The number of amides is 2. The lowest BCUT2D eigenvalue weighted by Gasteiger charge is -2.12. The molecule has 1 heterocycles. The fraction of sp³-hybridized carbons (Fsp3) is 0.0714. The first-order chi connectivity index (χ1) is 10.1. The molecule has 0 spiro atoms. The maximum atomic E-state index is 11.9. The predicted octanol–water partition coefficient (Wildman–Crippen LogP) is 2.23. The van der Waals surface area contributed by atoms with E-state index in [1.54, 1.807) is 43.4 Å². The summed E-state index contributed by atoms with van der Waals surface area (Å²) >= 11 is 6.43. The van der Waals surface area contributed by atoms with Crippen molar-refractivity contribution in [2.75, 3.05) is 12.4 Å². The van der Waals surface area contributed by atoms with E-state index >= 15 is 0 Å². The summed E-state index contributed by atoms with van der Waals surface area (Å²) in [6.45, 7) is 0. The Bertz CT molecular complexity index is 669. The van der Waals surface area contributed by atoms with Gasteiger partial charge in [-0.25, -0.2) is 0 Å². The van der Waals surface area contributed by atoms with Crippen LogP contribution in [0.25, 0.3) is 0 Å². The Labute approximate surface area is 131 Å².